The fourth-order valence-corrected chi connectivity index (χ4v) is 4.52. The van der Waals surface area contributed by atoms with Crippen molar-refractivity contribution in [1.82, 2.24) is 10.0 Å². The van der Waals surface area contributed by atoms with Crippen LogP contribution in [-0.2, 0) is 29.3 Å². The summed E-state index contributed by atoms with van der Waals surface area (Å²) in [6, 6.07) is 5.39. The van der Waals surface area contributed by atoms with Crippen molar-refractivity contribution >= 4 is 49.5 Å². The minimum absolute atomic E-state index is 0. The van der Waals surface area contributed by atoms with Gasteiger partial charge in [0.1, 0.15) is 20.4 Å². The summed E-state index contributed by atoms with van der Waals surface area (Å²) in [6.45, 7) is 1.74. The summed E-state index contributed by atoms with van der Waals surface area (Å²) in [5.41, 5.74) is 0. The van der Waals surface area contributed by atoms with Gasteiger partial charge in [0.05, 0.1) is 12.8 Å². The van der Waals surface area contributed by atoms with Crippen LogP contribution in [0.25, 0.3) is 0 Å². The number of hydrogen-bond donors (Lipinski definition) is 0. The van der Waals surface area contributed by atoms with E-state index < -0.39 is 39.6 Å². The minimum atomic E-state index is -4.98. The number of pyridine rings is 1. The molecule has 1 saturated heterocycles. The van der Waals surface area contributed by atoms with E-state index in [9.17, 15) is 27.4 Å². The first kappa shape index (κ1) is 23.4. The van der Waals surface area contributed by atoms with E-state index in [4.69, 9.17) is 0 Å². The van der Waals surface area contributed by atoms with E-state index in [1.807, 2.05) is 6.07 Å². The molecule has 136 valence electrons. The summed E-state index contributed by atoms with van der Waals surface area (Å²) in [6.07, 6.45) is 0.682. The Morgan fingerprint density at radius 1 is 1.46 bits per heavy atom. The smallest absolute Gasteiger partial charge is 0.747 e. The van der Waals surface area contributed by atoms with Crippen molar-refractivity contribution in [2.45, 2.75) is 35.3 Å². The molecule has 0 N–H and O–H groups in total. The predicted octanol–water partition coefficient (Wildman–Crippen LogP) is -2.26. The molecule has 0 bridgehead atoms. The third-order valence-electron chi connectivity index (χ3n) is 2.99. The zero-order valence-electron chi connectivity index (χ0n) is 13.9. The Balaban J connectivity index is 0.00000338. The topological polar surface area (TPSA) is 134 Å². The van der Waals surface area contributed by atoms with Crippen molar-refractivity contribution in [1.29, 1.82) is 0 Å². The Morgan fingerprint density at radius 3 is 2.69 bits per heavy atom. The maximum absolute atomic E-state index is 11.8. The van der Waals surface area contributed by atoms with Crippen LogP contribution in [0.3, 0.4) is 0 Å². The molecule has 0 spiro atoms. The molecular weight excluding hydrogens is 415 g/mol. The maximum Gasteiger partial charge on any atom is 1.00 e. The van der Waals surface area contributed by atoms with E-state index in [2.05, 4.69) is 9.82 Å². The van der Waals surface area contributed by atoms with Crippen LogP contribution < -0.4 is 29.6 Å². The number of carbonyl (C=O) groups is 3. The van der Waals surface area contributed by atoms with Crippen molar-refractivity contribution in [3.05, 3.63) is 24.4 Å². The number of rotatable bonds is 7. The Kier molecular flexibility index (Phi) is 9.06. The molecule has 1 aromatic heterocycles. The third-order valence-corrected chi connectivity index (χ3v) is 6.85. The number of imide groups is 1. The number of carbonyl (C=O) groups excluding carboxylic acids is 3. The van der Waals surface area contributed by atoms with Crippen LogP contribution in [0.4, 0.5) is 0 Å². The molecule has 2 amide bonds. The van der Waals surface area contributed by atoms with Crippen molar-refractivity contribution in [3.63, 3.8) is 0 Å². The van der Waals surface area contributed by atoms with Gasteiger partial charge >= 0.3 is 35.5 Å². The van der Waals surface area contributed by atoms with E-state index in [0.717, 1.165) is 5.03 Å². The summed E-state index contributed by atoms with van der Waals surface area (Å²) in [4.78, 5) is 43.9. The second kappa shape index (κ2) is 10.1. The standard InChI is InChI=1S/C13H14N2O7S3.Na/c1-8(23-24-10-4-2-3-5-14-10)6-12(17)22-15-11(16)7-9(13(15)18)25(19,20)21;/h2-5,8-9H,6-7H2,1H3,(H,19,20,21);/q;+1/p-1. The Morgan fingerprint density at radius 2 is 2.15 bits per heavy atom. The number of hydroxylamine groups is 2. The van der Waals surface area contributed by atoms with Crippen LogP contribution in [-0.4, -0.2) is 51.3 Å². The molecule has 1 aliphatic heterocycles. The van der Waals surface area contributed by atoms with Crippen LogP contribution in [0, 0.1) is 0 Å². The fourth-order valence-electron chi connectivity index (χ4n) is 1.84. The first-order chi connectivity index (χ1) is 11.7. The van der Waals surface area contributed by atoms with Crippen molar-refractivity contribution < 1.29 is 61.7 Å². The van der Waals surface area contributed by atoms with E-state index in [1.54, 1.807) is 25.3 Å². The molecule has 2 heterocycles. The van der Waals surface area contributed by atoms with Crippen molar-refractivity contribution in [2.75, 3.05) is 0 Å². The van der Waals surface area contributed by atoms with Crippen LogP contribution in [0.5, 0.6) is 0 Å². The molecule has 0 aliphatic carbocycles. The summed E-state index contributed by atoms with van der Waals surface area (Å²) in [5.74, 6) is -3.25. The Hall–Kier alpha value is -0.630. The summed E-state index contributed by atoms with van der Waals surface area (Å²) in [7, 11) is -2.29. The van der Waals surface area contributed by atoms with E-state index in [-0.39, 0.29) is 46.3 Å². The van der Waals surface area contributed by atoms with Gasteiger partial charge < -0.3 is 9.39 Å². The molecule has 1 aliphatic rings. The number of aromatic nitrogens is 1. The molecule has 2 unspecified atom stereocenters. The quantitative estimate of drug-likeness (QED) is 0.203. The van der Waals surface area contributed by atoms with E-state index in [1.165, 1.54) is 21.6 Å². The van der Waals surface area contributed by atoms with Gasteiger partial charge in [0.2, 0.25) is 0 Å². The molecule has 0 radical (unpaired) electrons. The van der Waals surface area contributed by atoms with Gasteiger partial charge in [-0.25, -0.2) is 18.2 Å². The second-order valence-corrected chi connectivity index (χ2v) is 9.25. The zero-order chi connectivity index (χ0) is 18.6. The Labute approximate surface area is 180 Å². The van der Waals surface area contributed by atoms with E-state index >= 15 is 0 Å². The molecular formula is C13H13N2NaO7S3. The first-order valence-corrected chi connectivity index (χ1v) is 10.6. The van der Waals surface area contributed by atoms with Gasteiger partial charge in [0.25, 0.3) is 11.8 Å². The number of amides is 2. The fraction of sp³-hybridized carbons (Fsp3) is 0.385. The normalized spacial score (nSPS) is 18.4. The predicted molar refractivity (Wildman–Crippen MR) is 87.8 cm³/mol. The molecule has 2 rings (SSSR count). The number of nitrogens with zero attached hydrogens (tertiary/aromatic N) is 2. The van der Waals surface area contributed by atoms with Gasteiger partial charge in [-0.15, -0.1) is 5.06 Å². The average molecular weight is 428 g/mol. The van der Waals surface area contributed by atoms with Gasteiger partial charge in [-0.2, -0.15) is 0 Å². The van der Waals surface area contributed by atoms with Gasteiger partial charge in [0.15, 0.2) is 0 Å². The first-order valence-electron chi connectivity index (χ1n) is 6.95. The van der Waals surface area contributed by atoms with Crippen LogP contribution in [0.15, 0.2) is 29.4 Å². The van der Waals surface area contributed by atoms with Crippen molar-refractivity contribution in [2.24, 2.45) is 0 Å². The zero-order valence-corrected chi connectivity index (χ0v) is 18.3. The van der Waals surface area contributed by atoms with E-state index in [0.29, 0.717) is 0 Å². The van der Waals surface area contributed by atoms with Crippen LogP contribution in [0.1, 0.15) is 19.8 Å². The molecule has 1 aromatic rings. The second-order valence-electron chi connectivity index (χ2n) is 5.04. The van der Waals surface area contributed by atoms with Crippen LogP contribution in [0.2, 0.25) is 0 Å². The molecule has 1 fully saturated rings. The van der Waals surface area contributed by atoms with Gasteiger partial charge in [0, 0.05) is 11.4 Å². The van der Waals surface area contributed by atoms with Gasteiger partial charge in [-0.3, -0.25) is 9.59 Å². The molecule has 13 heteroatoms. The molecule has 9 nitrogen and oxygen atoms in total. The summed E-state index contributed by atoms with van der Waals surface area (Å²) >= 11 is 0. The molecule has 2 atom stereocenters. The summed E-state index contributed by atoms with van der Waals surface area (Å²) in [5, 5.41) is -1.46. The largest absolute Gasteiger partial charge is 1.00 e. The van der Waals surface area contributed by atoms with Crippen molar-refractivity contribution in [3.8, 4) is 0 Å². The molecule has 0 saturated carbocycles. The third kappa shape index (κ3) is 6.51. The summed E-state index contributed by atoms with van der Waals surface area (Å²) < 4.78 is 32.7. The Bertz CT molecular complexity index is 775. The van der Waals surface area contributed by atoms with Gasteiger partial charge in [-0.05, 0) is 22.9 Å². The number of hydrogen-bond acceptors (Lipinski definition) is 10. The van der Waals surface area contributed by atoms with Gasteiger partial charge in [-0.1, -0.05) is 23.8 Å². The monoisotopic (exact) mass is 428 g/mol. The van der Waals surface area contributed by atoms with Crippen LogP contribution >= 0.6 is 21.6 Å². The average Bonchev–Trinajstić information content (AvgIpc) is 2.82. The minimum Gasteiger partial charge on any atom is -0.747 e. The molecule has 0 aromatic carbocycles. The SMILES string of the molecule is CC(CC(=O)ON1C(=O)CC(S(=O)(=O)[O-])C1=O)SSc1ccccn1.[Na+]. The molecule has 26 heavy (non-hydrogen) atoms. The maximum atomic E-state index is 11.8.